The van der Waals surface area contributed by atoms with Gasteiger partial charge in [0.05, 0.1) is 7.11 Å². The zero-order chi connectivity index (χ0) is 18.1. The van der Waals surface area contributed by atoms with Crippen molar-refractivity contribution in [3.05, 3.63) is 29.8 Å². The minimum Gasteiger partial charge on any atom is -0.497 e. The van der Waals surface area contributed by atoms with E-state index in [-0.39, 0.29) is 17.7 Å². The summed E-state index contributed by atoms with van der Waals surface area (Å²) >= 11 is 0. The second-order valence-electron chi connectivity index (χ2n) is 7.92. The SMILES string of the molecule is COc1ccc(CN(C(=O)C2CCN(C(=O)C3CC3)CC2)C2CC2)cc1. The minimum atomic E-state index is 0.0668. The van der Waals surface area contributed by atoms with Gasteiger partial charge in [0.25, 0.3) is 0 Å². The molecule has 0 N–H and O–H groups in total. The second kappa shape index (κ2) is 7.29. The first-order valence-electron chi connectivity index (χ1n) is 9.88. The molecule has 0 unspecified atom stereocenters. The third-order valence-electron chi connectivity index (χ3n) is 5.87. The predicted octanol–water partition coefficient (Wildman–Crippen LogP) is 2.83. The van der Waals surface area contributed by atoms with Crippen LogP contribution in [0.3, 0.4) is 0 Å². The molecule has 3 aliphatic rings. The average molecular weight is 356 g/mol. The van der Waals surface area contributed by atoms with Crippen LogP contribution < -0.4 is 4.74 Å². The Hall–Kier alpha value is -2.04. The van der Waals surface area contributed by atoms with Crippen molar-refractivity contribution < 1.29 is 14.3 Å². The highest BCUT2D eigenvalue weighted by atomic mass is 16.5. The van der Waals surface area contributed by atoms with Crippen molar-refractivity contribution in [2.45, 2.75) is 51.1 Å². The van der Waals surface area contributed by atoms with Gasteiger partial charge in [-0.3, -0.25) is 9.59 Å². The van der Waals surface area contributed by atoms with E-state index in [1.807, 2.05) is 29.2 Å². The topological polar surface area (TPSA) is 49.9 Å². The number of carbonyl (C=O) groups excluding carboxylic acids is 2. The molecular weight excluding hydrogens is 328 g/mol. The molecule has 0 atom stereocenters. The normalized spacial score (nSPS) is 20.7. The van der Waals surface area contributed by atoms with Gasteiger partial charge in [0.1, 0.15) is 5.75 Å². The van der Waals surface area contributed by atoms with Crippen LogP contribution in [0.15, 0.2) is 24.3 Å². The van der Waals surface area contributed by atoms with Crippen LogP contribution in [0, 0.1) is 11.8 Å². The molecule has 0 bridgehead atoms. The minimum absolute atomic E-state index is 0.0668. The third-order valence-corrected chi connectivity index (χ3v) is 5.87. The Morgan fingerprint density at radius 2 is 1.65 bits per heavy atom. The molecule has 1 aliphatic heterocycles. The van der Waals surface area contributed by atoms with Gasteiger partial charge in [-0.15, -0.1) is 0 Å². The van der Waals surface area contributed by atoms with Gasteiger partial charge in [0.2, 0.25) is 11.8 Å². The van der Waals surface area contributed by atoms with E-state index in [0.717, 1.165) is 62.9 Å². The summed E-state index contributed by atoms with van der Waals surface area (Å²) in [5.74, 6) is 1.78. The molecule has 3 fully saturated rings. The quantitative estimate of drug-likeness (QED) is 0.787. The number of piperidine rings is 1. The van der Waals surface area contributed by atoms with Gasteiger partial charge in [-0.2, -0.15) is 0 Å². The number of hydrogen-bond donors (Lipinski definition) is 0. The van der Waals surface area contributed by atoms with Crippen molar-refractivity contribution in [1.82, 2.24) is 9.80 Å². The number of carbonyl (C=O) groups is 2. The summed E-state index contributed by atoms with van der Waals surface area (Å²) in [6.07, 6.45) is 5.94. The molecule has 5 nitrogen and oxygen atoms in total. The van der Waals surface area contributed by atoms with Crippen LogP contribution in [0.25, 0.3) is 0 Å². The number of methoxy groups -OCH3 is 1. The number of nitrogens with zero attached hydrogens (tertiary/aromatic N) is 2. The highest BCUT2D eigenvalue weighted by Crippen LogP contribution is 2.34. The molecule has 1 aromatic carbocycles. The lowest BCUT2D eigenvalue weighted by molar-refractivity contribution is -0.142. The van der Waals surface area contributed by atoms with E-state index in [2.05, 4.69) is 4.90 Å². The summed E-state index contributed by atoms with van der Waals surface area (Å²) in [4.78, 5) is 29.4. The molecule has 2 amide bonds. The van der Waals surface area contributed by atoms with Crippen molar-refractivity contribution in [3.8, 4) is 5.75 Å². The number of ether oxygens (including phenoxy) is 1. The van der Waals surface area contributed by atoms with E-state index in [1.165, 1.54) is 0 Å². The van der Waals surface area contributed by atoms with Gasteiger partial charge in [0.15, 0.2) is 0 Å². The lowest BCUT2D eigenvalue weighted by Crippen LogP contribution is -2.45. The first kappa shape index (κ1) is 17.4. The number of benzene rings is 1. The fourth-order valence-electron chi connectivity index (χ4n) is 3.87. The largest absolute Gasteiger partial charge is 0.497 e. The van der Waals surface area contributed by atoms with Gasteiger partial charge in [-0.25, -0.2) is 0 Å². The molecule has 2 aliphatic carbocycles. The van der Waals surface area contributed by atoms with Crippen molar-refractivity contribution >= 4 is 11.8 Å². The number of hydrogen-bond acceptors (Lipinski definition) is 3. The number of rotatable bonds is 6. The van der Waals surface area contributed by atoms with Crippen LogP contribution in [0.5, 0.6) is 5.75 Å². The molecular formula is C21H28N2O3. The van der Waals surface area contributed by atoms with E-state index in [9.17, 15) is 9.59 Å². The number of amides is 2. The maximum Gasteiger partial charge on any atom is 0.226 e. The van der Waals surface area contributed by atoms with E-state index in [0.29, 0.717) is 18.5 Å². The Labute approximate surface area is 155 Å². The zero-order valence-corrected chi connectivity index (χ0v) is 15.5. The van der Waals surface area contributed by atoms with Gasteiger partial charge >= 0.3 is 0 Å². The van der Waals surface area contributed by atoms with Crippen LogP contribution >= 0.6 is 0 Å². The van der Waals surface area contributed by atoms with Crippen molar-refractivity contribution in [3.63, 3.8) is 0 Å². The Bertz CT molecular complexity index is 656. The highest BCUT2D eigenvalue weighted by Gasteiger charge is 2.39. The van der Waals surface area contributed by atoms with Crippen LogP contribution in [0.4, 0.5) is 0 Å². The van der Waals surface area contributed by atoms with Gasteiger partial charge in [-0.05, 0) is 56.2 Å². The maximum atomic E-state index is 13.1. The van der Waals surface area contributed by atoms with Crippen molar-refractivity contribution in [2.75, 3.05) is 20.2 Å². The van der Waals surface area contributed by atoms with Crippen molar-refractivity contribution in [2.24, 2.45) is 11.8 Å². The monoisotopic (exact) mass is 356 g/mol. The second-order valence-corrected chi connectivity index (χ2v) is 7.92. The molecule has 1 aromatic rings. The average Bonchev–Trinajstić information content (AvgIpc) is 3.58. The number of likely N-dealkylation sites (tertiary alicyclic amines) is 1. The standard InChI is InChI=1S/C21H28N2O3/c1-26-19-8-2-15(3-9-19)14-23(18-6-7-18)21(25)17-10-12-22(13-11-17)20(24)16-4-5-16/h2-3,8-9,16-18H,4-7,10-14H2,1H3. The molecule has 26 heavy (non-hydrogen) atoms. The van der Waals surface area contributed by atoms with Gasteiger partial charge in [-0.1, -0.05) is 12.1 Å². The zero-order valence-electron chi connectivity index (χ0n) is 15.5. The van der Waals surface area contributed by atoms with Crippen LogP contribution in [0.1, 0.15) is 44.1 Å². The first-order valence-corrected chi connectivity index (χ1v) is 9.88. The van der Waals surface area contributed by atoms with Crippen LogP contribution in [-0.4, -0.2) is 47.9 Å². The Morgan fingerprint density at radius 1 is 1.00 bits per heavy atom. The summed E-state index contributed by atoms with van der Waals surface area (Å²) in [6.45, 7) is 2.16. The summed E-state index contributed by atoms with van der Waals surface area (Å²) in [5.41, 5.74) is 1.15. The molecule has 1 saturated heterocycles. The molecule has 0 radical (unpaired) electrons. The lowest BCUT2D eigenvalue weighted by atomic mass is 9.94. The maximum absolute atomic E-state index is 13.1. The Balaban J connectivity index is 1.35. The van der Waals surface area contributed by atoms with Crippen LogP contribution in [-0.2, 0) is 16.1 Å². The summed E-state index contributed by atoms with van der Waals surface area (Å²) in [6, 6.07) is 8.38. The van der Waals surface area contributed by atoms with E-state index in [4.69, 9.17) is 4.74 Å². The lowest BCUT2D eigenvalue weighted by Gasteiger charge is -2.34. The molecule has 0 spiro atoms. The fraction of sp³-hybridized carbons (Fsp3) is 0.619. The van der Waals surface area contributed by atoms with E-state index < -0.39 is 0 Å². The summed E-state index contributed by atoms with van der Waals surface area (Å²) in [5, 5.41) is 0. The summed E-state index contributed by atoms with van der Waals surface area (Å²) < 4.78 is 5.21. The van der Waals surface area contributed by atoms with Crippen molar-refractivity contribution in [1.29, 1.82) is 0 Å². The van der Waals surface area contributed by atoms with Gasteiger partial charge in [0, 0.05) is 37.5 Å². The highest BCUT2D eigenvalue weighted by molar-refractivity contribution is 5.82. The third kappa shape index (κ3) is 3.87. The van der Waals surface area contributed by atoms with E-state index >= 15 is 0 Å². The molecule has 0 aromatic heterocycles. The predicted molar refractivity (Wildman–Crippen MR) is 98.6 cm³/mol. The fourth-order valence-corrected chi connectivity index (χ4v) is 3.87. The molecule has 5 heteroatoms. The molecule has 1 heterocycles. The smallest absolute Gasteiger partial charge is 0.226 e. The van der Waals surface area contributed by atoms with Crippen LogP contribution in [0.2, 0.25) is 0 Å². The van der Waals surface area contributed by atoms with E-state index in [1.54, 1.807) is 7.11 Å². The Morgan fingerprint density at radius 3 is 2.19 bits per heavy atom. The molecule has 4 rings (SSSR count). The Kier molecular flexibility index (Phi) is 4.88. The molecule has 140 valence electrons. The molecule has 2 saturated carbocycles. The first-order chi connectivity index (χ1) is 12.7. The van der Waals surface area contributed by atoms with Gasteiger partial charge < -0.3 is 14.5 Å². The summed E-state index contributed by atoms with van der Waals surface area (Å²) in [7, 11) is 1.66.